The van der Waals surface area contributed by atoms with Gasteiger partial charge in [-0.2, -0.15) is 4.99 Å². The number of halogens is 1. The number of hydrogen-bond acceptors (Lipinski definition) is 4. The lowest BCUT2D eigenvalue weighted by Gasteiger charge is -2.24. The van der Waals surface area contributed by atoms with Crippen LogP contribution in [-0.2, 0) is 14.6 Å². The van der Waals surface area contributed by atoms with Gasteiger partial charge in [0.2, 0.25) is 0 Å². The van der Waals surface area contributed by atoms with Gasteiger partial charge in [-0.25, -0.2) is 8.42 Å². The third kappa shape index (κ3) is 3.41. The van der Waals surface area contributed by atoms with Crippen LogP contribution in [0.25, 0.3) is 0 Å². The van der Waals surface area contributed by atoms with Gasteiger partial charge in [0.1, 0.15) is 0 Å². The van der Waals surface area contributed by atoms with Crippen molar-refractivity contribution >= 4 is 50.0 Å². The molecule has 2 atom stereocenters. The minimum atomic E-state index is -3.06. The summed E-state index contributed by atoms with van der Waals surface area (Å²) in [4.78, 5) is 18.1. The van der Waals surface area contributed by atoms with E-state index in [1.165, 1.54) is 11.8 Å². The summed E-state index contributed by atoms with van der Waals surface area (Å²) in [6.07, 6.45) is 0. The van der Waals surface area contributed by atoms with Gasteiger partial charge in [0.25, 0.3) is 5.91 Å². The maximum absolute atomic E-state index is 12.0. The molecule has 0 N–H and O–H groups in total. The highest BCUT2D eigenvalue weighted by Crippen LogP contribution is 2.41. The molecule has 2 heterocycles. The largest absolute Gasteiger partial charge is 0.316 e. The second kappa shape index (κ2) is 6.11. The molecule has 0 spiro atoms. The molecule has 0 radical (unpaired) electrons. The highest BCUT2D eigenvalue weighted by Gasteiger charge is 2.49. The summed E-state index contributed by atoms with van der Waals surface area (Å²) >= 11 is 7.44. The van der Waals surface area contributed by atoms with E-state index in [0.29, 0.717) is 10.2 Å². The van der Waals surface area contributed by atoms with Gasteiger partial charge >= 0.3 is 0 Å². The van der Waals surface area contributed by atoms with Crippen LogP contribution in [0.5, 0.6) is 0 Å². The van der Waals surface area contributed by atoms with E-state index >= 15 is 0 Å². The Morgan fingerprint density at radius 3 is 2.78 bits per heavy atom. The van der Waals surface area contributed by atoms with Crippen molar-refractivity contribution in [3.8, 4) is 0 Å². The van der Waals surface area contributed by atoms with Crippen molar-refractivity contribution in [2.75, 3.05) is 16.4 Å². The summed E-state index contributed by atoms with van der Waals surface area (Å²) in [7, 11) is -3.06. The Morgan fingerprint density at radius 2 is 2.13 bits per heavy atom. The Kier molecular flexibility index (Phi) is 4.46. The first-order valence-electron chi connectivity index (χ1n) is 7.31. The smallest absolute Gasteiger partial charge is 0.250 e. The molecule has 124 valence electrons. The van der Waals surface area contributed by atoms with Crippen molar-refractivity contribution in [2.24, 2.45) is 10.9 Å². The van der Waals surface area contributed by atoms with Crippen LogP contribution in [0.15, 0.2) is 29.3 Å². The Bertz CT molecular complexity index is 777. The lowest BCUT2D eigenvalue weighted by atomic mass is 10.2. The van der Waals surface area contributed by atoms with E-state index in [1.807, 2.05) is 11.0 Å². The fourth-order valence-electron chi connectivity index (χ4n) is 2.72. The predicted molar refractivity (Wildman–Crippen MR) is 95.0 cm³/mol. The predicted octanol–water partition coefficient (Wildman–Crippen LogP) is 2.60. The number of hydrogen-bond donors (Lipinski definition) is 0. The van der Waals surface area contributed by atoms with Gasteiger partial charge in [0.05, 0.1) is 17.5 Å². The number of benzene rings is 1. The zero-order chi connectivity index (χ0) is 16.8. The van der Waals surface area contributed by atoms with Crippen LogP contribution >= 0.6 is 23.4 Å². The highest BCUT2D eigenvalue weighted by molar-refractivity contribution is 8.16. The summed E-state index contributed by atoms with van der Waals surface area (Å²) in [6.45, 7) is 3.59. The highest BCUT2D eigenvalue weighted by atomic mass is 35.5. The summed E-state index contributed by atoms with van der Waals surface area (Å²) in [6, 6.07) is 6.98. The maximum atomic E-state index is 12.0. The van der Waals surface area contributed by atoms with E-state index in [4.69, 9.17) is 11.6 Å². The molecule has 0 unspecified atom stereocenters. The molecule has 0 aromatic heterocycles. The minimum absolute atomic E-state index is 0.0755. The molecular formula is C15H17ClN2O3S2. The molecule has 23 heavy (non-hydrogen) atoms. The zero-order valence-corrected chi connectivity index (χ0v) is 15.2. The summed E-state index contributed by atoms with van der Waals surface area (Å²) in [5.74, 6) is -0.212. The average molecular weight is 373 g/mol. The lowest BCUT2D eigenvalue weighted by Crippen LogP contribution is -2.37. The molecule has 1 amide bonds. The molecule has 0 bridgehead atoms. The summed E-state index contributed by atoms with van der Waals surface area (Å²) in [5, 5.41) is 1.03. The van der Waals surface area contributed by atoms with Gasteiger partial charge in [0, 0.05) is 21.9 Å². The fraction of sp³-hybridized carbons (Fsp3) is 0.467. The normalized spacial score (nSPS) is 27.7. The molecule has 2 aliphatic heterocycles. The van der Waals surface area contributed by atoms with Crippen LogP contribution in [-0.4, -0.2) is 42.3 Å². The van der Waals surface area contributed by atoms with Crippen molar-refractivity contribution in [2.45, 2.75) is 25.1 Å². The number of rotatable bonds is 2. The van der Waals surface area contributed by atoms with Gasteiger partial charge in [0.15, 0.2) is 15.0 Å². The van der Waals surface area contributed by atoms with E-state index in [-0.39, 0.29) is 34.6 Å². The van der Waals surface area contributed by atoms with Gasteiger partial charge in [-0.1, -0.05) is 43.3 Å². The van der Waals surface area contributed by atoms with E-state index < -0.39 is 9.84 Å². The summed E-state index contributed by atoms with van der Waals surface area (Å²) < 4.78 is 23.9. The van der Waals surface area contributed by atoms with E-state index in [1.54, 1.807) is 32.0 Å². The van der Waals surface area contributed by atoms with Gasteiger partial charge in [-0.05, 0) is 18.2 Å². The Labute approximate surface area is 145 Å². The number of aliphatic imine (C=N–C) groups is 1. The average Bonchev–Trinajstić information content (AvgIpc) is 2.89. The monoisotopic (exact) mass is 372 g/mol. The number of amides is 1. The maximum Gasteiger partial charge on any atom is 0.250 e. The molecule has 2 saturated heterocycles. The molecule has 0 saturated carbocycles. The van der Waals surface area contributed by atoms with Crippen LogP contribution in [0, 0.1) is 5.92 Å². The Morgan fingerprint density at radius 1 is 1.39 bits per heavy atom. The van der Waals surface area contributed by atoms with Crippen LogP contribution in [0.2, 0.25) is 5.02 Å². The molecule has 5 nitrogen and oxygen atoms in total. The molecule has 1 aromatic rings. The molecule has 1 aromatic carbocycles. The van der Waals surface area contributed by atoms with Crippen molar-refractivity contribution in [3.63, 3.8) is 0 Å². The van der Waals surface area contributed by atoms with Crippen LogP contribution in [0.1, 0.15) is 13.8 Å². The van der Waals surface area contributed by atoms with E-state index in [0.717, 1.165) is 5.69 Å². The topological polar surface area (TPSA) is 66.8 Å². The zero-order valence-electron chi connectivity index (χ0n) is 12.8. The van der Waals surface area contributed by atoms with E-state index in [9.17, 15) is 13.2 Å². The lowest BCUT2D eigenvalue weighted by molar-refractivity contribution is -0.120. The molecule has 0 aliphatic carbocycles. The second-order valence-electron chi connectivity index (χ2n) is 6.04. The number of carbonyl (C=O) groups excluding carboxylic acids is 1. The number of nitrogens with zero attached hydrogens (tertiary/aromatic N) is 2. The quantitative estimate of drug-likeness (QED) is 0.798. The minimum Gasteiger partial charge on any atom is -0.316 e. The Balaban J connectivity index is 2.02. The molecule has 3 rings (SSSR count). The first kappa shape index (κ1) is 16.8. The number of thioether (sulfide) groups is 1. The van der Waals surface area contributed by atoms with Crippen molar-refractivity contribution < 1.29 is 13.2 Å². The summed E-state index contributed by atoms with van der Waals surface area (Å²) in [5.41, 5.74) is 0.768. The van der Waals surface area contributed by atoms with Gasteiger partial charge in [-0.15, -0.1) is 0 Å². The van der Waals surface area contributed by atoms with Crippen LogP contribution in [0.3, 0.4) is 0 Å². The van der Waals surface area contributed by atoms with Crippen molar-refractivity contribution in [1.29, 1.82) is 0 Å². The van der Waals surface area contributed by atoms with Crippen LogP contribution < -0.4 is 4.90 Å². The van der Waals surface area contributed by atoms with Gasteiger partial charge < -0.3 is 4.90 Å². The third-order valence-electron chi connectivity index (χ3n) is 3.85. The number of carbonyl (C=O) groups is 1. The standard InChI is InChI=1S/C15H17ClN2O3S2/c1-9(2)14(19)17-15-18(11-5-3-4-10(16)6-11)12-7-23(20,21)8-13(12)22-15/h3-6,9,12-13H,7-8H2,1-2H3/t12-,13-/m0/s1. The molecular weight excluding hydrogens is 356 g/mol. The first-order valence-corrected chi connectivity index (χ1v) is 10.4. The second-order valence-corrected chi connectivity index (χ2v) is 9.83. The van der Waals surface area contributed by atoms with Crippen LogP contribution in [0.4, 0.5) is 5.69 Å². The molecule has 2 fully saturated rings. The first-order chi connectivity index (χ1) is 10.8. The third-order valence-corrected chi connectivity index (χ3v) is 7.30. The fourth-order valence-corrected chi connectivity index (χ4v) is 6.82. The number of sulfone groups is 1. The molecule has 2 aliphatic rings. The van der Waals surface area contributed by atoms with E-state index in [2.05, 4.69) is 4.99 Å². The Hall–Kier alpha value is -1.05. The number of anilines is 1. The van der Waals surface area contributed by atoms with Crippen molar-refractivity contribution in [3.05, 3.63) is 29.3 Å². The SMILES string of the molecule is CC(C)C(=O)N=C1S[C@H]2CS(=O)(=O)C[C@@H]2N1c1cccc(Cl)c1. The molecule has 8 heteroatoms. The number of fused-ring (bicyclic) bond motifs is 1. The number of amidine groups is 1. The van der Waals surface area contributed by atoms with Gasteiger partial charge in [-0.3, -0.25) is 4.79 Å². The van der Waals surface area contributed by atoms with Crippen molar-refractivity contribution in [1.82, 2.24) is 0 Å².